The fraction of sp³-hybridized carbons (Fsp3) is 0.211. The van der Waals surface area contributed by atoms with E-state index in [0.29, 0.717) is 43.4 Å². The molecule has 4 rings (SSSR count). The Morgan fingerprint density at radius 2 is 1.92 bits per heavy atom. The van der Waals surface area contributed by atoms with Crippen molar-refractivity contribution in [3.8, 4) is 0 Å². The van der Waals surface area contributed by atoms with Gasteiger partial charge in [-0.3, -0.25) is 4.79 Å². The van der Waals surface area contributed by atoms with Crippen LogP contribution >= 0.6 is 0 Å². The largest absolute Gasteiger partial charge is 0.378 e. The van der Waals surface area contributed by atoms with E-state index in [2.05, 4.69) is 10.6 Å². The highest BCUT2D eigenvalue weighted by Crippen LogP contribution is 2.33. The van der Waals surface area contributed by atoms with Crippen LogP contribution in [0.25, 0.3) is 5.57 Å². The lowest BCUT2D eigenvalue weighted by Gasteiger charge is -2.29. The first kappa shape index (κ1) is 16.5. The Hall–Kier alpha value is -2.93. The minimum absolute atomic E-state index is 0.177. The van der Waals surface area contributed by atoms with Gasteiger partial charge in [0.2, 0.25) is 0 Å². The second kappa shape index (κ2) is 6.76. The molecule has 7 heteroatoms. The standard InChI is InChI=1S/C19H17F2N3O2/c20-14-2-1-3-16-18(14)13(19(25)23-16)11-22-12-4-5-17(15(21)10-12)24-6-8-26-9-7-24/h1-5,10-11,22H,6-9H2,(H,23,25)/b13-11+. The molecule has 0 atom stereocenters. The number of rotatable bonds is 3. The Kier molecular flexibility index (Phi) is 4.30. The van der Waals surface area contributed by atoms with Crippen LogP contribution in [-0.2, 0) is 9.53 Å². The average molecular weight is 357 g/mol. The Morgan fingerprint density at radius 1 is 1.12 bits per heavy atom. The Balaban J connectivity index is 1.56. The molecule has 0 aromatic heterocycles. The molecule has 0 bridgehead atoms. The van der Waals surface area contributed by atoms with E-state index in [1.807, 2.05) is 4.90 Å². The van der Waals surface area contributed by atoms with Crippen molar-refractivity contribution in [3.63, 3.8) is 0 Å². The van der Waals surface area contributed by atoms with Crippen molar-refractivity contribution in [1.82, 2.24) is 0 Å². The summed E-state index contributed by atoms with van der Waals surface area (Å²) < 4.78 is 33.7. The number of carbonyl (C=O) groups excluding carboxylic acids is 1. The van der Waals surface area contributed by atoms with Crippen LogP contribution in [0.2, 0.25) is 0 Å². The van der Waals surface area contributed by atoms with Gasteiger partial charge in [-0.05, 0) is 30.3 Å². The molecule has 5 nitrogen and oxygen atoms in total. The molecule has 26 heavy (non-hydrogen) atoms. The molecule has 0 spiro atoms. The van der Waals surface area contributed by atoms with Crippen LogP contribution in [-0.4, -0.2) is 32.2 Å². The molecular weight excluding hydrogens is 340 g/mol. The van der Waals surface area contributed by atoms with Crippen molar-refractivity contribution < 1.29 is 18.3 Å². The predicted octanol–water partition coefficient (Wildman–Crippen LogP) is 3.21. The molecule has 0 saturated carbocycles. The number of amides is 1. The Bertz CT molecular complexity index is 892. The van der Waals surface area contributed by atoms with Crippen molar-refractivity contribution in [2.24, 2.45) is 0 Å². The monoisotopic (exact) mass is 357 g/mol. The molecule has 2 aromatic carbocycles. The number of carbonyl (C=O) groups is 1. The number of hydrogen-bond acceptors (Lipinski definition) is 4. The lowest BCUT2D eigenvalue weighted by molar-refractivity contribution is -0.110. The molecule has 2 aliphatic heterocycles. The normalized spacial score (nSPS) is 18.0. The fourth-order valence-electron chi connectivity index (χ4n) is 3.16. The third-order valence-corrected chi connectivity index (χ3v) is 4.46. The minimum atomic E-state index is -0.484. The third-order valence-electron chi connectivity index (χ3n) is 4.46. The Labute approximate surface area is 149 Å². The molecule has 2 heterocycles. The smallest absolute Gasteiger partial charge is 0.257 e. The van der Waals surface area contributed by atoms with E-state index in [0.717, 1.165) is 0 Å². The first-order chi connectivity index (χ1) is 12.6. The predicted molar refractivity (Wildman–Crippen MR) is 96.1 cm³/mol. The zero-order valence-corrected chi connectivity index (χ0v) is 13.9. The van der Waals surface area contributed by atoms with Gasteiger partial charge in [0.25, 0.3) is 5.91 Å². The van der Waals surface area contributed by atoms with Crippen LogP contribution in [0.4, 0.5) is 25.8 Å². The number of halogens is 2. The highest BCUT2D eigenvalue weighted by atomic mass is 19.1. The van der Waals surface area contributed by atoms with E-state index in [4.69, 9.17) is 4.74 Å². The molecule has 2 aliphatic rings. The maximum Gasteiger partial charge on any atom is 0.257 e. The lowest BCUT2D eigenvalue weighted by atomic mass is 10.1. The van der Waals surface area contributed by atoms with E-state index < -0.39 is 11.7 Å². The van der Waals surface area contributed by atoms with Crippen molar-refractivity contribution in [1.29, 1.82) is 0 Å². The van der Waals surface area contributed by atoms with Gasteiger partial charge in [-0.2, -0.15) is 0 Å². The van der Waals surface area contributed by atoms with Gasteiger partial charge in [0, 0.05) is 30.5 Å². The van der Waals surface area contributed by atoms with Crippen LogP contribution in [0.3, 0.4) is 0 Å². The number of anilines is 3. The van der Waals surface area contributed by atoms with Crippen molar-refractivity contribution in [2.75, 3.05) is 41.8 Å². The van der Waals surface area contributed by atoms with Gasteiger partial charge in [0.05, 0.1) is 30.2 Å². The van der Waals surface area contributed by atoms with Gasteiger partial charge < -0.3 is 20.3 Å². The lowest BCUT2D eigenvalue weighted by Crippen LogP contribution is -2.36. The highest BCUT2D eigenvalue weighted by molar-refractivity contribution is 6.31. The van der Waals surface area contributed by atoms with E-state index in [9.17, 15) is 13.6 Å². The second-order valence-electron chi connectivity index (χ2n) is 6.08. The van der Waals surface area contributed by atoms with Crippen LogP contribution < -0.4 is 15.5 Å². The summed E-state index contributed by atoms with van der Waals surface area (Å²) in [4.78, 5) is 14.0. The summed E-state index contributed by atoms with van der Waals surface area (Å²) in [6, 6.07) is 9.23. The number of nitrogens with zero attached hydrogens (tertiary/aromatic N) is 1. The summed E-state index contributed by atoms with van der Waals surface area (Å²) in [6.45, 7) is 2.44. The van der Waals surface area contributed by atoms with Crippen LogP contribution in [0.5, 0.6) is 0 Å². The molecule has 2 N–H and O–H groups in total. The summed E-state index contributed by atoms with van der Waals surface area (Å²) >= 11 is 0. The number of morpholine rings is 1. The average Bonchev–Trinajstić information content (AvgIpc) is 2.97. The van der Waals surface area contributed by atoms with E-state index in [1.165, 1.54) is 24.4 Å². The maximum absolute atomic E-state index is 14.4. The third kappa shape index (κ3) is 3.01. The van der Waals surface area contributed by atoms with Crippen molar-refractivity contribution in [2.45, 2.75) is 0 Å². The topological polar surface area (TPSA) is 53.6 Å². The van der Waals surface area contributed by atoms with Crippen molar-refractivity contribution >= 4 is 28.5 Å². The zero-order chi connectivity index (χ0) is 18.1. The summed E-state index contributed by atoms with van der Waals surface area (Å²) in [5.74, 6) is -1.25. The van der Waals surface area contributed by atoms with Gasteiger partial charge in [-0.25, -0.2) is 8.78 Å². The van der Waals surface area contributed by atoms with Gasteiger partial charge in [0.1, 0.15) is 11.6 Å². The summed E-state index contributed by atoms with van der Waals surface area (Å²) in [6.07, 6.45) is 1.40. The number of hydrogen-bond donors (Lipinski definition) is 2. The summed E-state index contributed by atoms with van der Waals surface area (Å²) in [5.41, 5.74) is 1.81. The van der Waals surface area contributed by atoms with E-state index in [-0.39, 0.29) is 17.0 Å². The zero-order valence-electron chi connectivity index (χ0n) is 13.9. The van der Waals surface area contributed by atoms with Crippen LogP contribution in [0.1, 0.15) is 5.56 Å². The minimum Gasteiger partial charge on any atom is -0.378 e. The molecule has 2 aromatic rings. The number of fused-ring (bicyclic) bond motifs is 1. The number of benzene rings is 2. The van der Waals surface area contributed by atoms with Crippen LogP contribution in [0, 0.1) is 11.6 Å². The SMILES string of the molecule is O=C1Nc2cccc(F)c2/C1=C\Nc1ccc(N2CCOCC2)c(F)c1. The first-order valence-corrected chi connectivity index (χ1v) is 8.32. The van der Waals surface area contributed by atoms with Gasteiger partial charge in [-0.1, -0.05) is 6.07 Å². The fourth-order valence-corrected chi connectivity index (χ4v) is 3.16. The number of nitrogens with one attached hydrogen (secondary N) is 2. The molecule has 0 unspecified atom stereocenters. The van der Waals surface area contributed by atoms with Crippen LogP contribution in [0.15, 0.2) is 42.6 Å². The van der Waals surface area contributed by atoms with Gasteiger partial charge in [0.15, 0.2) is 0 Å². The molecule has 1 saturated heterocycles. The highest BCUT2D eigenvalue weighted by Gasteiger charge is 2.27. The van der Waals surface area contributed by atoms with E-state index >= 15 is 0 Å². The summed E-state index contributed by atoms with van der Waals surface area (Å²) in [5, 5.41) is 5.49. The molecule has 0 radical (unpaired) electrons. The molecular formula is C19H17F2N3O2. The van der Waals surface area contributed by atoms with Gasteiger partial charge in [-0.15, -0.1) is 0 Å². The second-order valence-corrected chi connectivity index (χ2v) is 6.08. The molecule has 1 fully saturated rings. The quantitative estimate of drug-likeness (QED) is 0.829. The number of ether oxygens (including phenoxy) is 1. The Morgan fingerprint density at radius 3 is 2.69 bits per heavy atom. The van der Waals surface area contributed by atoms with Gasteiger partial charge >= 0.3 is 0 Å². The molecule has 1 amide bonds. The maximum atomic E-state index is 14.4. The van der Waals surface area contributed by atoms with Crippen molar-refractivity contribution in [3.05, 3.63) is 59.8 Å². The van der Waals surface area contributed by atoms with E-state index in [1.54, 1.807) is 18.2 Å². The first-order valence-electron chi connectivity index (χ1n) is 8.32. The molecule has 134 valence electrons. The molecule has 0 aliphatic carbocycles. The summed E-state index contributed by atoms with van der Waals surface area (Å²) in [7, 11) is 0.